The molecule has 0 N–H and O–H groups in total. The summed E-state index contributed by atoms with van der Waals surface area (Å²) in [6.07, 6.45) is 0. The Kier molecular flexibility index (Phi) is 2.53. The maximum Gasteiger partial charge on any atom is -0.00992 e. The van der Waals surface area contributed by atoms with Gasteiger partial charge in [0.15, 0.2) is 0 Å². The van der Waals surface area contributed by atoms with Crippen LogP contribution in [-0.2, 0) is 0 Å². The molecule has 0 aliphatic rings. The smallest absolute Gasteiger partial charge is 0.00992 e. The van der Waals surface area contributed by atoms with Gasteiger partial charge >= 0.3 is 0 Å². The lowest BCUT2D eigenvalue weighted by Crippen LogP contribution is -1.82. The van der Waals surface area contributed by atoms with E-state index in [0.29, 0.717) is 0 Å². The average molecular weight is 253 g/mol. The molecule has 0 atom stereocenters. The first kappa shape index (κ1) is 11.2. The van der Waals surface area contributed by atoms with Gasteiger partial charge in [-0.2, -0.15) is 0 Å². The molecule has 1 radical (unpaired) electrons. The zero-order chi connectivity index (χ0) is 13.4. The van der Waals surface area contributed by atoms with E-state index < -0.39 is 0 Å². The first-order chi connectivity index (χ1) is 9.92. The molecule has 4 aromatic carbocycles. The Hall–Kier alpha value is -2.60. The van der Waals surface area contributed by atoms with Gasteiger partial charge in [-0.25, -0.2) is 0 Å². The van der Waals surface area contributed by atoms with E-state index in [-0.39, 0.29) is 0 Å². The van der Waals surface area contributed by atoms with Crippen LogP contribution < -0.4 is 0 Å². The van der Waals surface area contributed by atoms with E-state index in [4.69, 9.17) is 0 Å². The lowest BCUT2D eigenvalue weighted by Gasteiger charge is -2.08. The van der Waals surface area contributed by atoms with Crippen molar-refractivity contribution in [3.8, 4) is 11.1 Å². The fourth-order valence-electron chi connectivity index (χ4n) is 2.77. The van der Waals surface area contributed by atoms with E-state index in [0.717, 1.165) is 5.39 Å². The number of fused-ring (bicyclic) bond motifs is 2. The van der Waals surface area contributed by atoms with Gasteiger partial charge in [-0.05, 0) is 44.8 Å². The molecule has 0 nitrogen and oxygen atoms in total. The highest BCUT2D eigenvalue weighted by atomic mass is 14.1. The molecule has 4 aromatic rings. The summed E-state index contributed by atoms with van der Waals surface area (Å²) in [4.78, 5) is 0. The van der Waals surface area contributed by atoms with E-state index in [9.17, 15) is 0 Å². The van der Waals surface area contributed by atoms with Gasteiger partial charge in [0, 0.05) is 0 Å². The predicted octanol–water partition coefficient (Wildman–Crippen LogP) is 5.46. The van der Waals surface area contributed by atoms with Crippen molar-refractivity contribution in [3.63, 3.8) is 0 Å². The monoisotopic (exact) mass is 253 g/mol. The Morgan fingerprint density at radius 1 is 0.650 bits per heavy atom. The van der Waals surface area contributed by atoms with E-state index >= 15 is 0 Å². The van der Waals surface area contributed by atoms with Crippen molar-refractivity contribution in [1.82, 2.24) is 0 Å². The third-order valence-corrected chi connectivity index (χ3v) is 3.76. The molecule has 0 saturated carbocycles. The van der Waals surface area contributed by atoms with Gasteiger partial charge in [-0.1, -0.05) is 72.8 Å². The van der Waals surface area contributed by atoms with Crippen LogP contribution in [0.15, 0.2) is 78.9 Å². The summed E-state index contributed by atoms with van der Waals surface area (Å²) < 4.78 is 0. The molecule has 0 unspecified atom stereocenters. The van der Waals surface area contributed by atoms with Crippen LogP contribution in [-0.4, -0.2) is 0 Å². The fourth-order valence-corrected chi connectivity index (χ4v) is 2.77. The highest BCUT2D eigenvalue weighted by Gasteiger charge is 2.04. The van der Waals surface area contributed by atoms with Crippen LogP contribution in [0.1, 0.15) is 0 Å². The quantitative estimate of drug-likeness (QED) is 0.422. The standard InChI is InChI=1S/C20H13/c1-2-8-17-14-18(13-12-15(17)6-1)20-11-5-9-16-7-3-4-10-19(16)20/h1-5,7-14H. The van der Waals surface area contributed by atoms with Crippen LogP contribution in [0, 0.1) is 6.07 Å². The maximum absolute atomic E-state index is 3.27. The van der Waals surface area contributed by atoms with Gasteiger partial charge in [0.25, 0.3) is 0 Å². The molecular formula is C20H13. The second-order valence-electron chi connectivity index (χ2n) is 5.00. The third-order valence-electron chi connectivity index (χ3n) is 3.76. The number of rotatable bonds is 1. The fraction of sp³-hybridized carbons (Fsp3) is 0. The van der Waals surface area contributed by atoms with Crippen molar-refractivity contribution < 1.29 is 0 Å². The van der Waals surface area contributed by atoms with E-state index in [1.54, 1.807) is 0 Å². The van der Waals surface area contributed by atoms with Crippen molar-refractivity contribution in [2.75, 3.05) is 0 Å². The Morgan fingerprint density at radius 3 is 2.50 bits per heavy atom. The average Bonchev–Trinajstić information content (AvgIpc) is 2.54. The predicted molar refractivity (Wildman–Crippen MR) is 85.7 cm³/mol. The molecule has 0 aromatic heterocycles. The highest BCUT2D eigenvalue weighted by Crippen LogP contribution is 2.30. The Labute approximate surface area is 118 Å². The SMILES string of the molecule is [c]1cccc2cc(-c3cccc4ccccc34)ccc12. The molecule has 4 rings (SSSR count). The largest absolute Gasteiger partial charge is 0.0616 e. The van der Waals surface area contributed by atoms with Crippen LogP contribution in [0.5, 0.6) is 0 Å². The van der Waals surface area contributed by atoms with Gasteiger partial charge < -0.3 is 0 Å². The first-order valence-corrected chi connectivity index (χ1v) is 6.80. The molecule has 0 fully saturated rings. The van der Waals surface area contributed by atoms with E-state index in [2.05, 4.69) is 72.8 Å². The summed E-state index contributed by atoms with van der Waals surface area (Å²) in [6, 6.07) is 31.0. The number of hydrogen-bond acceptors (Lipinski definition) is 0. The van der Waals surface area contributed by atoms with Crippen molar-refractivity contribution in [2.45, 2.75) is 0 Å². The van der Waals surface area contributed by atoms with Crippen molar-refractivity contribution in [2.24, 2.45) is 0 Å². The van der Waals surface area contributed by atoms with Crippen LogP contribution in [0.3, 0.4) is 0 Å². The molecule has 0 spiro atoms. The summed E-state index contributed by atoms with van der Waals surface area (Å²) in [5.74, 6) is 0. The third kappa shape index (κ3) is 1.78. The molecule has 0 bridgehead atoms. The van der Waals surface area contributed by atoms with E-state index in [1.165, 1.54) is 27.3 Å². The summed E-state index contributed by atoms with van der Waals surface area (Å²) in [7, 11) is 0. The first-order valence-electron chi connectivity index (χ1n) is 6.80. The molecule has 0 heterocycles. The molecular weight excluding hydrogens is 240 g/mol. The normalized spacial score (nSPS) is 11.0. The number of benzene rings is 4. The summed E-state index contributed by atoms with van der Waals surface area (Å²) in [6.45, 7) is 0. The molecule has 0 saturated heterocycles. The van der Waals surface area contributed by atoms with Gasteiger partial charge in [-0.3, -0.25) is 0 Å². The van der Waals surface area contributed by atoms with E-state index in [1.807, 2.05) is 12.1 Å². The Bertz CT molecular complexity index is 898. The molecule has 20 heavy (non-hydrogen) atoms. The van der Waals surface area contributed by atoms with Crippen LogP contribution in [0.4, 0.5) is 0 Å². The van der Waals surface area contributed by atoms with Crippen molar-refractivity contribution in [1.29, 1.82) is 0 Å². The van der Waals surface area contributed by atoms with Gasteiger partial charge in [0.05, 0.1) is 0 Å². The molecule has 0 amide bonds. The van der Waals surface area contributed by atoms with Crippen molar-refractivity contribution >= 4 is 21.5 Å². The summed E-state index contributed by atoms with van der Waals surface area (Å²) in [5, 5.41) is 4.98. The van der Waals surface area contributed by atoms with Gasteiger partial charge in [-0.15, -0.1) is 0 Å². The second-order valence-corrected chi connectivity index (χ2v) is 5.00. The molecule has 93 valence electrons. The van der Waals surface area contributed by atoms with Gasteiger partial charge in [0.1, 0.15) is 0 Å². The minimum atomic E-state index is 1.16. The van der Waals surface area contributed by atoms with Crippen molar-refractivity contribution in [3.05, 3.63) is 84.9 Å². The lowest BCUT2D eigenvalue weighted by atomic mass is 9.96. The molecule has 0 aliphatic heterocycles. The highest BCUT2D eigenvalue weighted by molar-refractivity contribution is 5.98. The topological polar surface area (TPSA) is 0 Å². The van der Waals surface area contributed by atoms with Crippen LogP contribution in [0.25, 0.3) is 32.7 Å². The molecule has 0 heteroatoms. The zero-order valence-electron chi connectivity index (χ0n) is 11.0. The maximum atomic E-state index is 3.27. The van der Waals surface area contributed by atoms with Gasteiger partial charge in [0.2, 0.25) is 0 Å². The Morgan fingerprint density at radius 2 is 1.50 bits per heavy atom. The minimum Gasteiger partial charge on any atom is -0.0616 e. The molecule has 0 aliphatic carbocycles. The second kappa shape index (κ2) is 4.50. The van der Waals surface area contributed by atoms with Crippen LogP contribution >= 0.6 is 0 Å². The minimum absolute atomic E-state index is 1.16. The van der Waals surface area contributed by atoms with Crippen LogP contribution in [0.2, 0.25) is 0 Å². The summed E-state index contributed by atoms with van der Waals surface area (Å²) in [5.41, 5.74) is 2.54. The number of hydrogen-bond donors (Lipinski definition) is 0. The lowest BCUT2D eigenvalue weighted by molar-refractivity contribution is 1.67. The summed E-state index contributed by atoms with van der Waals surface area (Å²) >= 11 is 0. The zero-order valence-corrected chi connectivity index (χ0v) is 11.0. The Balaban J connectivity index is 2.01.